The number of hydrogen-bond acceptors (Lipinski definition) is 6. The molecule has 0 aliphatic heterocycles. The summed E-state index contributed by atoms with van der Waals surface area (Å²) in [6.45, 7) is 0.647. The molecule has 1 atom stereocenters. The van der Waals surface area contributed by atoms with Crippen LogP contribution in [0.15, 0.2) is 12.2 Å². The summed E-state index contributed by atoms with van der Waals surface area (Å²) in [5, 5.41) is 0. The van der Waals surface area contributed by atoms with Crippen LogP contribution in [0.25, 0.3) is 0 Å². The second-order valence-electron chi connectivity index (χ2n) is 3.55. The van der Waals surface area contributed by atoms with Gasteiger partial charge in [0.05, 0.1) is 7.11 Å². The van der Waals surface area contributed by atoms with Crippen LogP contribution in [-0.4, -0.2) is 37.5 Å². The quantitative estimate of drug-likeness (QED) is 0.241. The summed E-state index contributed by atoms with van der Waals surface area (Å²) in [7, 11) is 1.34. The number of unbranched alkanes of at least 4 members (excludes halogenated alkanes) is 1. The Hall–Kier alpha value is -1.93. The minimum absolute atomic E-state index is 0.345. The van der Waals surface area contributed by atoms with Gasteiger partial charge in [0.25, 0.3) is 0 Å². The van der Waals surface area contributed by atoms with Gasteiger partial charge in [0.1, 0.15) is 6.04 Å². The third-order valence-electron chi connectivity index (χ3n) is 1.89. The number of methoxy groups -OCH3 is 1. The molecule has 0 aromatic heterocycles. The van der Waals surface area contributed by atoms with Gasteiger partial charge in [-0.2, -0.15) is 0 Å². The molecule has 8 N–H and O–H groups in total. The molecule has 0 saturated heterocycles. The standard InChI is InChI=1S/C7H16N2O2.C4H6N2O2/c1-11-7(10)6(9)4-2-3-5-8;5-3(7)1-2-4(6)8/h6H,2-5,8-9H2,1H3;1-2H,(H2,5,7)(H2,6,8)/b;2-1+/t6-;/m0./s1. The number of rotatable bonds is 7. The van der Waals surface area contributed by atoms with Gasteiger partial charge in [-0.15, -0.1) is 0 Å². The molecule has 0 aliphatic rings. The highest BCUT2D eigenvalue weighted by atomic mass is 16.5. The van der Waals surface area contributed by atoms with Gasteiger partial charge in [-0.05, 0) is 19.4 Å². The molecular formula is C11H22N4O4. The third-order valence-corrected chi connectivity index (χ3v) is 1.89. The van der Waals surface area contributed by atoms with Crippen LogP contribution in [0, 0.1) is 0 Å². The van der Waals surface area contributed by atoms with E-state index < -0.39 is 17.9 Å². The molecule has 19 heavy (non-hydrogen) atoms. The Bertz CT molecular complexity index is 302. The summed E-state index contributed by atoms with van der Waals surface area (Å²) in [6, 6.07) is -0.480. The van der Waals surface area contributed by atoms with Crippen molar-refractivity contribution in [1.82, 2.24) is 0 Å². The molecule has 8 nitrogen and oxygen atoms in total. The van der Waals surface area contributed by atoms with Crippen LogP contribution in [0.1, 0.15) is 19.3 Å². The third kappa shape index (κ3) is 16.1. The van der Waals surface area contributed by atoms with Crippen LogP contribution in [-0.2, 0) is 19.1 Å². The lowest BCUT2D eigenvalue weighted by molar-refractivity contribution is -0.142. The largest absolute Gasteiger partial charge is 0.468 e. The molecule has 0 aliphatic carbocycles. The van der Waals surface area contributed by atoms with E-state index in [2.05, 4.69) is 16.2 Å². The van der Waals surface area contributed by atoms with Gasteiger partial charge in [0.2, 0.25) is 11.8 Å². The summed E-state index contributed by atoms with van der Waals surface area (Å²) < 4.78 is 4.45. The number of esters is 1. The van der Waals surface area contributed by atoms with Gasteiger partial charge >= 0.3 is 5.97 Å². The first-order valence-electron chi connectivity index (χ1n) is 5.65. The zero-order valence-electron chi connectivity index (χ0n) is 11.0. The maximum Gasteiger partial charge on any atom is 0.322 e. The average Bonchev–Trinajstić information content (AvgIpc) is 2.36. The van der Waals surface area contributed by atoms with Crippen LogP contribution in [0.5, 0.6) is 0 Å². The molecular weight excluding hydrogens is 252 g/mol. The number of nitrogens with two attached hydrogens (primary N) is 4. The Morgan fingerprint density at radius 2 is 1.58 bits per heavy atom. The minimum Gasteiger partial charge on any atom is -0.468 e. The van der Waals surface area contributed by atoms with E-state index in [1.54, 1.807) is 0 Å². The maximum absolute atomic E-state index is 10.7. The van der Waals surface area contributed by atoms with Crippen molar-refractivity contribution in [3.05, 3.63) is 12.2 Å². The van der Waals surface area contributed by atoms with Gasteiger partial charge in [-0.3, -0.25) is 14.4 Å². The molecule has 8 heteroatoms. The van der Waals surface area contributed by atoms with E-state index in [1.807, 2.05) is 0 Å². The van der Waals surface area contributed by atoms with Gasteiger partial charge < -0.3 is 27.7 Å². The average molecular weight is 274 g/mol. The van der Waals surface area contributed by atoms with Gasteiger partial charge in [0, 0.05) is 12.2 Å². The minimum atomic E-state index is -0.677. The Balaban J connectivity index is 0. The van der Waals surface area contributed by atoms with Crippen LogP contribution < -0.4 is 22.9 Å². The van der Waals surface area contributed by atoms with Gasteiger partial charge in [0.15, 0.2) is 0 Å². The topological polar surface area (TPSA) is 165 Å². The fourth-order valence-corrected chi connectivity index (χ4v) is 0.942. The molecule has 0 rings (SSSR count). The van der Waals surface area contributed by atoms with Crippen molar-refractivity contribution < 1.29 is 19.1 Å². The lowest BCUT2D eigenvalue weighted by Crippen LogP contribution is -2.31. The number of carbonyl (C=O) groups is 3. The molecule has 0 spiro atoms. The first-order valence-corrected chi connectivity index (χ1v) is 5.65. The highest BCUT2D eigenvalue weighted by molar-refractivity contribution is 5.95. The number of primary amides is 2. The smallest absolute Gasteiger partial charge is 0.322 e. The lowest BCUT2D eigenvalue weighted by atomic mass is 10.1. The monoisotopic (exact) mass is 274 g/mol. The van der Waals surface area contributed by atoms with Crippen LogP contribution >= 0.6 is 0 Å². The van der Waals surface area contributed by atoms with Crippen molar-refractivity contribution in [2.45, 2.75) is 25.3 Å². The molecule has 0 radical (unpaired) electrons. The first kappa shape index (κ1) is 19.4. The molecule has 0 unspecified atom stereocenters. The van der Waals surface area contributed by atoms with E-state index in [0.29, 0.717) is 13.0 Å². The van der Waals surface area contributed by atoms with Crippen molar-refractivity contribution in [3.8, 4) is 0 Å². The number of ether oxygens (including phenoxy) is 1. The van der Waals surface area contributed by atoms with E-state index in [4.69, 9.17) is 11.5 Å². The molecule has 0 heterocycles. The molecule has 0 aromatic rings. The predicted octanol–water partition coefficient (Wildman–Crippen LogP) is -1.87. The fourth-order valence-electron chi connectivity index (χ4n) is 0.942. The van der Waals surface area contributed by atoms with Crippen LogP contribution in [0.4, 0.5) is 0 Å². The Kier molecular flexibility index (Phi) is 12.8. The first-order chi connectivity index (χ1) is 8.84. The lowest BCUT2D eigenvalue weighted by Gasteiger charge is -2.07. The predicted molar refractivity (Wildman–Crippen MR) is 70.4 cm³/mol. The van der Waals surface area contributed by atoms with Crippen molar-refractivity contribution in [2.75, 3.05) is 13.7 Å². The summed E-state index contributed by atoms with van der Waals surface area (Å²) in [6.07, 6.45) is 4.26. The zero-order chi connectivity index (χ0) is 15.3. The van der Waals surface area contributed by atoms with Crippen LogP contribution in [0.3, 0.4) is 0 Å². The molecule has 0 saturated carbocycles. The highest BCUT2D eigenvalue weighted by Crippen LogP contribution is 1.98. The van der Waals surface area contributed by atoms with Gasteiger partial charge in [-0.25, -0.2) is 0 Å². The summed E-state index contributed by atoms with van der Waals surface area (Å²) in [5.74, 6) is -1.70. The summed E-state index contributed by atoms with van der Waals surface area (Å²) in [5.41, 5.74) is 19.9. The second-order valence-corrected chi connectivity index (χ2v) is 3.55. The van der Waals surface area contributed by atoms with Crippen LogP contribution in [0.2, 0.25) is 0 Å². The second kappa shape index (κ2) is 12.5. The SMILES string of the molecule is COC(=O)[C@@H](N)CCCCN.NC(=O)/C=C/C(N)=O. The Morgan fingerprint density at radius 1 is 1.11 bits per heavy atom. The molecule has 0 bridgehead atoms. The number of amides is 2. The normalized spacial score (nSPS) is 11.3. The zero-order valence-corrected chi connectivity index (χ0v) is 11.0. The molecule has 0 fully saturated rings. The van der Waals surface area contributed by atoms with E-state index in [9.17, 15) is 14.4 Å². The number of hydrogen-bond donors (Lipinski definition) is 4. The Labute approximate surface area is 112 Å². The van der Waals surface area contributed by atoms with E-state index in [1.165, 1.54) is 7.11 Å². The fraction of sp³-hybridized carbons (Fsp3) is 0.545. The van der Waals surface area contributed by atoms with E-state index >= 15 is 0 Å². The van der Waals surface area contributed by atoms with Crippen molar-refractivity contribution >= 4 is 17.8 Å². The van der Waals surface area contributed by atoms with Crippen molar-refractivity contribution in [2.24, 2.45) is 22.9 Å². The number of carbonyl (C=O) groups excluding carboxylic acids is 3. The van der Waals surface area contributed by atoms with E-state index in [-0.39, 0.29) is 5.97 Å². The Morgan fingerprint density at radius 3 is 1.89 bits per heavy atom. The molecule has 110 valence electrons. The molecule has 0 aromatic carbocycles. The maximum atomic E-state index is 10.7. The highest BCUT2D eigenvalue weighted by Gasteiger charge is 2.11. The van der Waals surface area contributed by atoms with Gasteiger partial charge in [-0.1, -0.05) is 6.42 Å². The van der Waals surface area contributed by atoms with E-state index in [0.717, 1.165) is 25.0 Å². The van der Waals surface area contributed by atoms with Crippen molar-refractivity contribution in [1.29, 1.82) is 0 Å². The molecule has 2 amide bonds. The van der Waals surface area contributed by atoms with Crippen molar-refractivity contribution in [3.63, 3.8) is 0 Å². The summed E-state index contributed by atoms with van der Waals surface area (Å²) >= 11 is 0. The summed E-state index contributed by atoms with van der Waals surface area (Å²) in [4.78, 5) is 30.4.